The summed E-state index contributed by atoms with van der Waals surface area (Å²) in [7, 11) is 4.98. The maximum absolute atomic E-state index is 5.48. The molecule has 2 aromatic heterocycles. The zero-order valence-corrected chi connectivity index (χ0v) is 17.5. The molecule has 5 aromatic rings. The van der Waals surface area contributed by atoms with E-state index in [-0.39, 0.29) is 0 Å². The van der Waals surface area contributed by atoms with Crippen LogP contribution in [-0.4, -0.2) is 36.1 Å². The van der Waals surface area contributed by atoms with Crippen LogP contribution in [0.5, 0.6) is 17.2 Å². The monoisotopic (exact) mass is 411 g/mol. The van der Waals surface area contributed by atoms with Gasteiger partial charge in [0.25, 0.3) is 0 Å². The summed E-state index contributed by atoms with van der Waals surface area (Å²) in [4.78, 5) is 4.69. The summed E-state index contributed by atoms with van der Waals surface area (Å²) < 4.78 is 18.2. The van der Waals surface area contributed by atoms with E-state index in [1.54, 1.807) is 21.3 Å². The second-order valence-electron chi connectivity index (χ2n) is 7.09. The lowest BCUT2D eigenvalue weighted by molar-refractivity contribution is 0.414. The van der Waals surface area contributed by atoms with Crippen LogP contribution >= 0.6 is 0 Å². The van der Waals surface area contributed by atoms with Gasteiger partial charge in [-0.3, -0.25) is 4.98 Å². The SMILES string of the molecule is COc1ccc(-n2nc(-c3cccc(OC)c3)c3cnc4ccc(OC)cc4c32)cc1. The van der Waals surface area contributed by atoms with Gasteiger partial charge >= 0.3 is 0 Å². The average molecular weight is 411 g/mol. The first-order valence-electron chi connectivity index (χ1n) is 9.86. The Bertz CT molecular complexity index is 1390. The molecule has 0 unspecified atom stereocenters. The second kappa shape index (κ2) is 7.65. The molecule has 0 radical (unpaired) electrons. The van der Waals surface area contributed by atoms with Gasteiger partial charge < -0.3 is 14.2 Å². The van der Waals surface area contributed by atoms with E-state index in [4.69, 9.17) is 19.3 Å². The molecule has 0 amide bonds. The zero-order valence-electron chi connectivity index (χ0n) is 17.5. The highest BCUT2D eigenvalue weighted by Crippen LogP contribution is 2.36. The highest BCUT2D eigenvalue weighted by Gasteiger charge is 2.18. The zero-order chi connectivity index (χ0) is 21.4. The molecular weight excluding hydrogens is 390 g/mol. The molecule has 0 aliphatic heterocycles. The summed E-state index contributed by atoms with van der Waals surface area (Å²) in [5.74, 6) is 2.34. The van der Waals surface area contributed by atoms with E-state index >= 15 is 0 Å². The Balaban J connectivity index is 1.85. The Morgan fingerprint density at radius 1 is 0.710 bits per heavy atom. The van der Waals surface area contributed by atoms with Crippen molar-refractivity contribution >= 4 is 21.8 Å². The van der Waals surface area contributed by atoms with Gasteiger partial charge in [0.05, 0.1) is 38.1 Å². The van der Waals surface area contributed by atoms with E-state index in [1.807, 2.05) is 77.6 Å². The minimum atomic E-state index is 0.771. The van der Waals surface area contributed by atoms with Crippen molar-refractivity contribution in [2.75, 3.05) is 21.3 Å². The number of hydrogen-bond acceptors (Lipinski definition) is 5. The molecular formula is C25H21N3O3. The standard InChI is InChI=1S/C25H21N3O3/c1-29-18-9-7-17(8-10-18)28-25-21-14-20(31-3)11-12-23(21)26-15-22(25)24(27-28)16-5-4-6-19(13-16)30-2/h4-15H,1-3H3. The molecule has 0 saturated carbocycles. The molecule has 6 heteroatoms. The number of rotatable bonds is 5. The number of ether oxygens (including phenoxy) is 3. The summed E-state index contributed by atoms with van der Waals surface area (Å²) in [5, 5.41) is 6.92. The van der Waals surface area contributed by atoms with Crippen LogP contribution in [0.2, 0.25) is 0 Å². The lowest BCUT2D eigenvalue weighted by Crippen LogP contribution is -1.97. The molecule has 0 N–H and O–H groups in total. The largest absolute Gasteiger partial charge is 0.497 e. The third-order valence-electron chi connectivity index (χ3n) is 5.37. The first-order valence-corrected chi connectivity index (χ1v) is 9.86. The van der Waals surface area contributed by atoms with E-state index in [0.717, 1.165) is 56.0 Å². The van der Waals surface area contributed by atoms with Gasteiger partial charge in [0.15, 0.2) is 0 Å². The van der Waals surface area contributed by atoms with Crippen molar-refractivity contribution in [3.63, 3.8) is 0 Å². The number of hydrogen-bond donors (Lipinski definition) is 0. The topological polar surface area (TPSA) is 58.4 Å². The van der Waals surface area contributed by atoms with E-state index < -0.39 is 0 Å². The predicted octanol–water partition coefficient (Wildman–Crippen LogP) is 5.27. The van der Waals surface area contributed by atoms with Crippen LogP contribution in [0.1, 0.15) is 0 Å². The van der Waals surface area contributed by atoms with Crippen molar-refractivity contribution < 1.29 is 14.2 Å². The average Bonchev–Trinajstić information content (AvgIpc) is 3.24. The van der Waals surface area contributed by atoms with Gasteiger partial charge in [0.2, 0.25) is 0 Å². The molecule has 0 bridgehead atoms. The molecule has 6 nitrogen and oxygen atoms in total. The van der Waals surface area contributed by atoms with Crippen LogP contribution in [0.3, 0.4) is 0 Å². The molecule has 0 spiro atoms. The molecule has 154 valence electrons. The Morgan fingerprint density at radius 2 is 1.42 bits per heavy atom. The number of nitrogens with zero attached hydrogens (tertiary/aromatic N) is 3. The first kappa shape index (κ1) is 18.9. The van der Waals surface area contributed by atoms with Crippen molar-refractivity contribution in [1.29, 1.82) is 0 Å². The second-order valence-corrected chi connectivity index (χ2v) is 7.09. The normalized spacial score (nSPS) is 11.1. The molecule has 0 saturated heterocycles. The van der Waals surface area contributed by atoms with Gasteiger partial charge in [0.1, 0.15) is 22.9 Å². The van der Waals surface area contributed by atoms with Gasteiger partial charge in [-0.1, -0.05) is 12.1 Å². The lowest BCUT2D eigenvalue weighted by atomic mass is 10.1. The fraction of sp³-hybridized carbons (Fsp3) is 0.120. The van der Waals surface area contributed by atoms with E-state index in [1.165, 1.54) is 0 Å². The van der Waals surface area contributed by atoms with Crippen LogP contribution in [0.25, 0.3) is 38.8 Å². The Labute approximate surface area is 179 Å². The van der Waals surface area contributed by atoms with Crippen molar-refractivity contribution in [3.05, 3.63) is 72.9 Å². The van der Waals surface area contributed by atoms with Crippen molar-refractivity contribution in [2.45, 2.75) is 0 Å². The lowest BCUT2D eigenvalue weighted by Gasteiger charge is -2.08. The molecule has 0 atom stereocenters. The highest BCUT2D eigenvalue weighted by molar-refractivity contribution is 6.09. The Morgan fingerprint density at radius 3 is 2.16 bits per heavy atom. The van der Waals surface area contributed by atoms with Gasteiger partial charge in [-0.15, -0.1) is 0 Å². The summed E-state index contributed by atoms with van der Waals surface area (Å²) in [5.41, 5.74) is 4.56. The minimum Gasteiger partial charge on any atom is -0.497 e. The van der Waals surface area contributed by atoms with Crippen LogP contribution < -0.4 is 14.2 Å². The highest BCUT2D eigenvalue weighted by atomic mass is 16.5. The van der Waals surface area contributed by atoms with Gasteiger partial charge in [-0.2, -0.15) is 5.10 Å². The van der Waals surface area contributed by atoms with E-state index in [0.29, 0.717) is 0 Å². The number of benzene rings is 3. The van der Waals surface area contributed by atoms with E-state index in [9.17, 15) is 0 Å². The fourth-order valence-electron chi connectivity index (χ4n) is 3.78. The summed E-state index contributed by atoms with van der Waals surface area (Å²) in [6.07, 6.45) is 1.88. The van der Waals surface area contributed by atoms with Crippen LogP contribution in [0.4, 0.5) is 0 Å². The number of fused-ring (bicyclic) bond motifs is 3. The summed E-state index contributed by atoms with van der Waals surface area (Å²) in [6, 6.07) is 21.6. The number of pyridine rings is 1. The third kappa shape index (κ3) is 3.22. The smallest absolute Gasteiger partial charge is 0.119 e. The predicted molar refractivity (Wildman–Crippen MR) is 121 cm³/mol. The fourth-order valence-corrected chi connectivity index (χ4v) is 3.78. The summed E-state index contributed by atoms with van der Waals surface area (Å²) >= 11 is 0. The molecule has 0 fully saturated rings. The Hall–Kier alpha value is -4.06. The number of methoxy groups -OCH3 is 3. The van der Waals surface area contributed by atoms with Crippen LogP contribution in [0, 0.1) is 0 Å². The quantitative estimate of drug-likeness (QED) is 0.394. The molecule has 0 aliphatic rings. The third-order valence-corrected chi connectivity index (χ3v) is 5.37. The molecule has 31 heavy (non-hydrogen) atoms. The molecule has 5 rings (SSSR count). The van der Waals surface area contributed by atoms with Crippen molar-refractivity contribution in [1.82, 2.24) is 14.8 Å². The molecule has 3 aromatic carbocycles. The first-order chi connectivity index (χ1) is 15.2. The van der Waals surface area contributed by atoms with Gasteiger partial charge in [-0.25, -0.2) is 4.68 Å². The summed E-state index contributed by atoms with van der Waals surface area (Å²) in [6.45, 7) is 0. The maximum Gasteiger partial charge on any atom is 0.119 e. The van der Waals surface area contributed by atoms with Gasteiger partial charge in [0, 0.05) is 22.5 Å². The molecule has 2 heterocycles. The van der Waals surface area contributed by atoms with Crippen LogP contribution in [0.15, 0.2) is 72.9 Å². The van der Waals surface area contributed by atoms with Gasteiger partial charge in [-0.05, 0) is 54.6 Å². The van der Waals surface area contributed by atoms with E-state index in [2.05, 4.69) is 4.98 Å². The van der Waals surface area contributed by atoms with Crippen LogP contribution in [-0.2, 0) is 0 Å². The van der Waals surface area contributed by atoms with Crippen molar-refractivity contribution in [2.24, 2.45) is 0 Å². The van der Waals surface area contributed by atoms with Crippen molar-refractivity contribution in [3.8, 4) is 34.2 Å². The Kier molecular flexibility index (Phi) is 4.67. The number of aromatic nitrogens is 3. The maximum atomic E-state index is 5.48. The minimum absolute atomic E-state index is 0.771. The molecule has 0 aliphatic carbocycles.